The fraction of sp³-hybridized carbons (Fsp3) is 0.231. The van der Waals surface area contributed by atoms with Gasteiger partial charge in [0.15, 0.2) is 0 Å². The van der Waals surface area contributed by atoms with E-state index in [0.29, 0.717) is 0 Å². The molecule has 2 aromatic rings. The smallest absolute Gasteiger partial charge is 0.0561 e. The van der Waals surface area contributed by atoms with Gasteiger partial charge in [0.1, 0.15) is 0 Å². The van der Waals surface area contributed by atoms with E-state index in [1.165, 1.54) is 10.4 Å². The first kappa shape index (κ1) is 12.9. The number of halogens is 2. The Balaban J connectivity index is 2.16. The van der Waals surface area contributed by atoms with Gasteiger partial charge in [0.05, 0.1) is 5.02 Å². The van der Waals surface area contributed by atoms with Gasteiger partial charge in [-0.25, -0.2) is 0 Å². The van der Waals surface area contributed by atoms with Crippen LogP contribution in [-0.2, 0) is 6.42 Å². The van der Waals surface area contributed by atoms with Crippen LogP contribution >= 0.6 is 34.5 Å². The summed E-state index contributed by atoms with van der Waals surface area (Å²) in [5, 5.41) is 6.92. The highest BCUT2D eigenvalue weighted by Crippen LogP contribution is 2.30. The standard InChI is InChI=1S/C13H13Cl2NS/c1-16-12(13-11(15)6-7-17-13)8-9-2-4-10(14)5-3-9/h2-7,12,16H,8H2,1H3. The minimum atomic E-state index is 0.253. The topological polar surface area (TPSA) is 12.0 Å². The third-order valence-corrected chi connectivity index (χ3v) is 4.39. The lowest BCUT2D eigenvalue weighted by molar-refractivity contribution is 0.602. The van der Waals surface area contributed by atoms with Gasteiger partial charge in [-0.3, -0.25) is 0 Å². The summed E-state index contributed by atoms with van der Waals surface area (Å²) in [7, 11) is 1.95. The molecule has 0 amide bonds. The minimum Gasteiger partial charge on any atom is -0.312 e. The summed E-state index contributed by atoms with van der Waals surface area (Å²) < 4.78 is 0. The molecule has 1 N–H and O–H groups in total. The first-order valence-corrected chi connectivity index (χ1v) is 6.99. The van der Waals surface area contributed by atoms with Crippen LogP contribution in [0.2, 0.25) is 10.0 Å². The second-order valence-electron chi connectivity index (χ2n) is 3.80. The van der Waals surface area contributed by atoms with E-state index in [0.717, 1.165) is 16.5 Å². The van der Waals surface area contributed by atoms with Crippen LogP contribution in [0.4, 0.5) is 0 Å². The van der Waals surface area contributed by atoms with Gasteiger partial charge in [0.2, 0.25) is 0 Å². The van der Waals surface area contributed by atoms with Crippen LogP contribution in [0, 0.1) is 0 Å². The number of hydrogen-bond donors (Lipinski definition) is 1. The summed E-state index contributed by atoms with van der Waals surface area (Å²) in [6, 6.07) is 10.1. The van der Waals surface area contributed by atoms with Crippen LogP contribution in [-0.4, -0.2) is 7.05 Å². The van der Waals surface area contributed by atoms with E-state index in [9.17, 15) is 0 Å². The Morgan fingerprint density at radius 2 is 1.88 bits per heavy atom. The highest BCUT2D eigenvalue weighted by Gasteiger charge is 2.14. The predicted octanol–water partition coefficient (Wildman–Crippen LogP) is 4.56. The molecule has 0 spiro atoms. The molecular formula is C13H13Cl2NS. The average molecular weight is 286 g/mol. The summed E-state index contributed by atoms with van der Waals surface area (Å²) in [6.07, 6.45) is 0.911. The van der Waals surface area contributed by atoms with Crippen molar-refractivity contribution < 1.29 is 0 Å². The zero-order chi connectivity index (χ0) is 12.3. The number of nitrogens with one attached hydrogen (secondary N) is 1. The molecular weight excluding hydrogens is 273 g/mol. The molecule has 90 valence electrons. The fourth-order valence-corrected chi connectivity index (χ4v) is 3.16. The molecule has 1 nitrogen and oxygen atoms in total. The maximum absolute atomic E-state index is 6.15. The second kappa shape index (κ2) is 5.87. The van der Waals surface area contributed by atoms with Gasteiger partial charge in [-0.15, -0.1) is 11.3 Å². The molecule has 1 atom stereocenters. The first-order chi connectivity index (χ1) is 8.20. The number of hydrogen-bond acceptors (Lipinski definition) is 2. The van der Waals surface area contributed by atoms with Gasteiger partial charge < -0.3 is 5.32 Å². The van der Waals surface area contributed by atoms with Crippen LogP contribution in [0.3, 0.4) is 0 Å². The maximum Gasteiger partial charge on any atom is 0.0561 e. The van der Waals surface area contributed by atoms with E-state index in [2.05, 4.69) is 5.32 Å². The number of benzene rings is 1. The summed E-state index contributed by atoms with van der Waals surface area (Å²) in [5.74, 6) is 0. The van der Waals surface area contributed by atoms with E-state index in [4.69, 9.17) is 23.2 Å². The number of likely N-dealkylation sites (N-methyl/N-ethyl adjacent to an activating group) is 1. The molecule has 17 heavy (non-hydrogen) atoms. The van der Waals surface area contributed by atoms with Crippen molar-refractivity contribution >= 4 is 34.5 Å². The van der Waals surface area contributed by atoms with Crippen LogP contribution < -0.4 is 5.32 Å². The SMILES string of the molecule is CNC(Cc1ccc(Cl)cc1)c1sccc1Cl. The third kappa shape index (κ3) is 3.23. The van der Waals surface area contributed by atoms with Crippen molar-refractivity contribution in [1.82, 2.24) is 5.32 Å². The van der Waals surface area contributed by atoms with Gasteiger partial charge >= 0.3 is 0 Å². The van der Waals surface area contributed by atoms with Gasteiger partial charge in [-0.2, -0.15) is 0 Å². The predicted molar refractivity (Wildman–Crippen MR) is 76.3 cm³/mol. The van der Waals surface area contributed by atoms with Crippen molar-refractivity contribution in [3.63, 3.8) is 0 Å². The van der Waals surface area contributed by atoms with E-state index in [1.807, 2.05) is 42.8 Å². The van der Waals surface area contributed by atoms with Crippen LogP contribution in [0.1, 0.15) is 16.5 Å². The highest BCUT2D eigenvalue weighted by molar-refractivity contribution is 7.10. The maximum atomic E-state index is 6.15. The van der Waals surface area contributed by atoms with Crippen LogP contribution in [0.25, 0.3) is 0 Å². The van der Waals surface area contributed by atoms with E-state index < -0.39 is 0 Å². The lowest BCUT2D eigenvalue weighted by Crippen LogP contribution is -2.17. The van der Waals surface area contributed by atoms with E-state index >= 15 is 0 Å². The van der Waals surface area contributed by atoms with Gasteiger partial charge in [-0.1, -0.05) is 35.3 Å². The summed E-state index contributed by atoms with van der Waals surface area (Å²) in [4.78, 5) is 1.18. The molecule has 1 aromatic heterocycles. The summed E-state index contributed by atoms with van der Waals surface area (Å²) in [5.41, 5.74) is 1.25. The average Bonchev–Trinajstić information content (AvgIpc) is 2.75. The van der Waals surface area contributed by atoms with Crippen molar-refractivity contribution in [2.45, 2.75) is 12.5 Å². The Bertz CT molecular complexity index is 478. The van der Waals surface area contributed by atoms with Gasteiger partial charge in [-0.05, 0) is 42.6 Å². The zero-order valence-electron chi connectivity index (χ0n) is 9.41. The Kier molecular flexibility index (Phi) is 4.46. The van der Waals surface area contributed by atoms with Crippen molar-refractivity contribution in [3.8, 4) is 0 Å². The van der Waals surface area contributed by atoms with E-state index in [-0.39, 0.29) is 6.04 Å². The van der Waals surface area contributed by atoms with Gasteiger partial charge in [0, 0.05) is 15.9 Å². The largest absolute Gasteiger partial charge is 0.312 e. The molecule has 4 heteroatoms. The van der Waals surface area contributed by atoms with Crippen LogP contribution in [0.15, 0.2) is 35.7 Å². The number of thiophene rings is 1. The Labute approximate surface area is 115 Å². The number of rotatable bonds is 4. The molecule has 1 unspecified atom stereocenters. The Morgan fingerprint density at radius 3 is 2.41 bits per heavy atom. The molecule has 0 radical (unpaired) electrons. The molecule has 0 aliphatic rings. The molecule has 0 saturated heterocycles. The van der Waals surface area contributed by atoms with Crippen molar-refractivity contribution in [1.29, 1.82) is 0 Å². The van der Waals surface area contributed by atoms with Gasteiger partial charge in [0.25, 0.3) is 0 Å². The molecule has 0 aliphatic heterocycles. The molecule has 2 rings (SSSR count). The van der Waals surface area contributed by atoms with Crippen molar-refractivity contribution in [3.05, 3.63) is 56.2 Å². The van der Waals surface area contributed by atoms with Crippen LogP contribution in [0.5, 0.6) is 0 Å². The quantitative estimate of drug-likeness (QED) is 0.869. The normalized spacial score (nSPS) is 12.6. The molecule has 0 bridgehead atoms. The lowest BCUT2D eigenvalue weighted by atomic mass is 10.0. The third-order valence-electron chi connectivity index (χ3n) is 2.66. The molecule has 0 saturated carbocycles. The Hall–Kier alpha value is -0.540. The lowest BCUT2D eigenvalue weighted by Gasteiger charge is -2.15. The summed E-state index contributed by atoms with van der Waals surface area (Å²) in [6.45, 7) is 0. The highest BCUT2D eigenvalue weighted by atomic mass is 35.5. The first-order valence-electron chi connectivity index (χ1n) is 5.35. The molecule has 0 fully saturated rings. The Morgan fingerprint density at radius 1 is 1.18 bits per heavy atom. The monoisotopic (exact) mass is 285 g/mol. The molecule has 1 heterocycles. The second-order valence-corrected chi connectivity index (χ2v) is 5.60. The fourth-order valence-electron chi connectivity index (χ4n) is 1.74. The zero-order valence-corrected chi connectivity index (χ0v) is 11.7. The molecule has 0 aliphatic carbocycles. The minimum absolute atomic E-state index is 0.253. The summed E-state index contributed by atoms with van der Waals surface area (Å²) >= 11 is 13.7. The van der Waals surface area contributed by atoms with Crippen molar-refractivity contribution in [2.75, 3.05) is 7.05 Å². The molecule has 1 aromatic carbocycles. The van der Waals surface area contributed by atoms with Crippen molar-refractivity contribution in [2.24, 2.45) is 0 Å². The van der Waals surface area contributed by atoms with E-state index in [1.54, 1.807) is 11.3 Å².